The average Bonchev–Trinajstić information content (AvgIpc) is 2.99. The van der Waals surface area contributed by atoms with Gasteiger partial charge in [0.05, 0.1) is 12.2 Å². The number of aliphatic carboxylic acids is 1. The fourth-order valence-corrected chi connectivity index (χ4v) is 4.41. The Labute approximate surface area is 212 Å². The van der Waals surface area contributed by atoms with Crippen LogP contribution in [0.2, 0.25) is 0 Å². The van der Waals surface area contributed by atoms with Crippen LogP contribution in [0.1, 0.15) is 43.9 Å². The van der Waals surface area contributed by atoms with Crippen LogP contribution in [-0.4, -0.2) is 35.7 Å². The number of rotatable bonds is 8. The van der Waals surface area contributed by atoms with E-state index in [9.17, 15) is 14.7 Å². The molecule has 1 aliphatic heterocycles. The van der Waals surface area contributed by atoms with E-state index in [4.69, 9.17) is 4.74 Å². The van der Waals surface area contributed by atoms with Crippen molar-refractivity contribution in [1.82, 2.24) is 5.32 Å². The number of carboxylic acid groups (broad SMARTS) is 1. The predicted molar refractivity (Wildman–Crippen MR) is 141 cm³/mol. The Morgan fingerprint density at radius 1 is 1.00 bits per heavy atom. The van der Waals surface area contributed by atoms with E-state index in [-0.39, 0.29) is 17.9 Å². The lowest BCUT2D eigenvalue weighted by Gasteiger charge is -2.27. The Morgan fingerprint density at radius 3 is 2.33 bits per heavy atom. The van der Waals surface area contributed by atoms with Crippen LogP contribution < -0.4 is 15.0 Å². The van der Waals surface area contributed by atoms with Crippen molar-refractivity contribution in [3.63, 3.8) is 0 Å². The zero-order chi connectivity index (χ0) is 25.7. The second-order valence-electron chi connectivity index (χ2n) is 10.3. The molecular weight excluding hydrogens is 452 g/mol. The minimum atomic E-state index is -0.982. The summed E-state index contributed by atoms with van der Waals surface area (Å²) in [5.74, 6) is -0.576. The molecule has 2 atom stereocenters. The Bertz CT molecular complexity index is 1190. The van der Waals surface area contributed by atoms with E-state index in [1.807, 2.05) is 66.7 Å². The van der Waals surface area contributed by atoms with Gasteiger partial charge < -0.3 is 14.7 Å². The van der Waals surface area contributed by atoms with Gasteiger partial charge in [0.25, 0.3) is 0 Å². The van der Waals surface area contributed by atoms with Gasteiger partial charge in [-0.25, -0.2) is 0 Å². The highest BCUT2D eigenvalue weighted by atomic mass is 16.5. The van der Waals surface area contributed by atoms with E-state index in [0.29, 0.717) is 30.8 Å². The van der Waals surface area contributed by atoms with Crippen LogP contribution in [0.5, 0.6) is 5.75 Å². The van der Waals surface area contributed by atoms with E-state index >= 15 is 0 Å². The summed E-state index contributed by atoms with van der Waals surface area (Å²) < 4.78 is 5.99. The van der Waals surface area contributed by atoms with Gasteiger partial charge in [0.15, 0.2) is 0 Å². The molecule has 6 nitrogen and oxygen atoms in total. The summed E-state index contributed by atoms with van der Waals surface area (Å²) in [7, 11) is 0. The largest absolute Gasteiger partial charge is 0.489 e. The van der Waals surface area contributed by atoms with Crippen molar-refractivity contribution >= 4 is 17.6 Å². The van der Waals surface area contributed by atoms with Crippen LogP contribution in [0.4, 0.5) is 5.69 Å². The van der Waals surface area contributed by atoms with Gasteiger partial charge in [-0.1, -0.05) is 87.5 Å². The van der Waals surface area contributed by atoms with Crippen molar-refractivity contribution < 1.29 is 19.4 Å². The molecule has 0 saturated heterocycles. The number of carboxylic acids is 1. The molecule has 1 aliphatic rings. The van der Waals surface area contributed by atoms with Crippen molar-refractivity contribution in [2.24, 2.45) is 0 Å². The number of nitrogens with one attached hydrogen (secondary N) is 1. The Balaban J connectivity index is 1.55. The molecule has 188 valence electrons. The van der Waals surface area contributed by atoms with Crippen LogP contribution in [0, 0.1) is 0 Å². The number of carbonyl (C=O) groups is 2. The lowest BCUT2D eigenvalue weighted by atomic mass is 9.87. The predicted octanol–water partition coefficient (Wildman–Crippen LogP) is 4.95. The zero-order valence-corrected chi connectivity index (χ0v) is 21.1. The molecule has 0 fully saturated rings. The number of benzene rings is 3. The lowest BCUT2D eigenvalue weighted by Crippen LogP contribution is -2.53. The Morgan fingerprint density at radius 2 is 1.67 bits per heavy atom. The first kappa shape index (κ1) is 25.5. The molecule has 6 heteroatoms. The van der Waals surface area contributed by atoms with Crippen molar-refractivity contribution in [2.45, 2.75) is 57.7 Å². The quantitative estimate of drug-likeness (QED) is 0.471. The minimum absolute atomic E-state index is 0.0397. The number of amides is 1. The molecule has 4 rings (SSSR count). The van der Waals surface area contributed by atoms with Crippen molar-refractivity contribution in [3.8, 4) is 5.75 Å². The summed E-state index contributed by atoms with van der Waals surface area (Å²) >= 11 is 0. The minimum Gasteiger partial charge on any atom is -0.489 e. The average molecular weight is 487 g/mol. The highest BCUT2D eigenvalue weighted by Gasteiger charge is 2.34. The molecule has 36 heavy (non-hydrogen) atoms. The van der Waals surface area contributed by atoms with Crippen LogP contribution in [-0.2, 0) is 28.0 Å². The maximum absolute atomic E-state index is 13.8. The summed E-state index contributed by atoms with van der Waals surface area (Å²) in [4.78, 5) is 27.5. The number of hydrogen-bond donors (Lipinski definition) is 2. The van der Waals surface area contributed by atoms with E-state index in [1.165, 1.54) is 5.56 Å². The van der Waals surface area contributed by atoms with Crippen molar-refractivity contribution in [1.29, 1.82) is 0 Å². The molecule has 0 saturated carbocycles. The number of anilines is 1. The molecule has 3 aromatic carbocycles. The van der Waals surface area contributed by atoms with E-state index in [0.717, 1.165) is 11.1 Å². The van der Waals surface area contributed by atoms with Gasteiger partial charge in [-0.15, -0.1) is 0 Å². The third-order valence-corrected chi connectivity index (χ3v) is 6.55. The third-order valence-electron chi connectivity index (χ3n) is 6.55. The SMILES string of the molecule is CC(C)(C)c1ccc(CN2C(=O)[C@@H](N[C@@H](CCc3ccccc3)C(=O)O)COc3ccccc32)cc1. The van der Waals surface area contributed by atoms with Gasteiger partial charge in [-0.2, -0.15) is 0 Å². The molecule has 2 N–H and O–H groups in total. The molecule has 0 aromatic heterocycles. The number of carbonyl (C=O) groups excluding carboxylic acids is 1. The molecule has 1 amide bonds. The number of aryl methyl sites for hydroxylation is 1. The van der Waals surface area contributed by atoms with Gasteiger partial charge in [0, 0.05) is 0 Å². The van der Waals surface area contributed by atoms with Gasteiger partial charge in [0.1, 0.15) is 24.4 Å². The monoisotopic (exact) mass is 486 g/mol. The van der Waals surface area contributed by atoms with Gasteiger partial charge in [-0.05, 0) is 47.1 Å². The number of para-hydroxylation sites is 2. The number of nitrogens with zero attached hydrogens (tertiary/aromatic N) is 1. The lowest BCUT2D eigenvalue weighted by molar-refractivity contribution is -0.140. The van der Waals surface area contributed by atoms with E-state index < -0.39 is 18.1 Å². The summed E-state index contributed by atoms with van der Waals surface area (Å²) in [5.41, 5.74) is 3.99. The molecular formula is C30H34N2O4. The van der Waals surface area contributed by atoms with E-state index in [1.54, 1.807) is 4.90 Å². The fourth-order valence-electron chi connectivity index (χ4n) is 4.41. The Hall–Kier alpha value is -3.64. The molecule has 0 spiro atoms. The summed E-state index contributed by atoms with van der Waals surface area (Å²) in [6, 6.07) is 23.8. The Kier molecular flexibility index (Phi) is 7.75. The van der Waals surface area contributed by atoms with Gasteiger partial charge in [0.2, 0.25) is 5.91 Å². The summed E-state index contributed by atoms with van der Waals surface area (Å²) in [6.07, 6.45) is 0.959. The standard InChI is InChI=1S/C30H34N2O4/c1-30(2,3)23-16-13-22(14-17-23)19-32-26-11-7-8-12-27(26)36-20-25(28(32)33)31-24(29(34)35)18-15-21-9-5-4-6-10-21/h4-14,16-17,24-25,31H,15,18-20H2,1-3H3,(H,34,35)/t24-,25-/m0/s1. The second kappa shape index (κ2) is 11.0. The molecule has 0 aliphatic carbocycles. The fraction of sp³-hybridized carbons (Fsp3) is 0.333. The summed E-state index contributed by atoms with van der Waals surface area (Å²) in [5, 5.41) is 13.0. The van der Waals surface area contributed by atoms with Gasteiger partial charge in [-0.3, -0.25) is 14.9 Å². The molecule has 1 heterocycles. The first-order valence-electron chi connectivity index (χ1n) is 12.4. The van der Waals surface area contributed by atoms with Crippen LogP contribution in [0.3, 0.4) is 0 Å². The first-order valence-corrected chi connectivity index (χ1v) is 12.4. The number of fused-ring (bicyclic) bond motifs is 1. The molecule has 3 aromatic rings. The maximum Gasteiger partial charge on any atom is 0.320 e. The number of hydrogen-bond acceptors (Lipinski definition) is 4. The van der Waals surface area contributed by atoms with Crippen LogP contribution in [0.15, 0.2) is 78.9 Å². The van der Waals surface area contributed by atoms with Crippen LogP contribution in [0.25, 0.3) is 0 Å². The maximum atomic E-state index is 13.8. The van der Waals surface area contributed by atoms with E-state index in [2.05, 4.69) is 38.2 Å². The second-order valence-corrected chi connectivity index (χ2v) is 10.3. The first-order chi connectivity index (χ1) is 17.2. The molecule has 0 unspecified atom stereocenters. The highest BCUT2D eigenvalue weighted by molar-refractivity contribution is 5.99. The molecule has 0 radical (unpaired) electrons. The smallest absolute Gasteiger partial charge is 0.320 e. The highest BCUT2D eigenvalue weighted by Crippen LogP contribution is 2.33. The topological polar surface area (TPSA) is 78.9 Å². The van der Waals surface area contributed by atoms with Gasteiger partial charge >= 0.3 is 5.97 Å². The normalized spacial score (nSPS) is 16.6. The van der Waals surface area contributed by atoms with Crippen molar-refractivity contribution in [3.05, 3.63) is 95.6 Å². The van der Waals surface area contributed by atoms with Crippen LogP contribution >= 0.6 is 0 Å². The summed E-state index contributed by atoms with van der Waals surface area (Å²) in [6.45, 7) is 6.93. The number of ether oxygens (including phenoxy) is 1. The zero-order valence-electron chi connectivity index (χ0n) is 21.1. The molecule has 0 bridgehead atoms. The van der Waals surface area contributed by atoms with Crippen molar-refractivity contribution in [2.75, 3.05) is 11.5 Å². The third kappa shape index (κ3) is 6.13.